The van der Waals surface area contributed by atoms with Gasteiger partial charge in [-0.3, -0.25) is 0 Å². The van der Waals surface area contributed by atoms with Crippen molar-refractivity contribution in [1.82, 2.24) is 4.57 Å². The maximum absolute atomic E-state index is 2.70. The van der Waals surface area contributed by atoms with Gasteiger partial charge in [-0.05, 0) is 121 Å². The molecule has 13 aromatic carbocycles. The van der Waals surface area contributed by atoms with Gasteiger partial charge in [0.25, 0.3) is 6.71 Å². The molecule has 3 aromatic heterocycles. The standard InChI is InChI=1S/C82H56BN3S2/c1-82(2,3)57-38-35-52(36-39-57)56-48-73-77-74(49-56)86(79-60(54-25-11-6-12-26-54)42-44-66-64-30-16-20-34-76(64)88-81(66)79)72-46-40-58(84-69-31-17-13-27-61(69)62-28-14-18-32-70(62)84)50-68(72)83(77)67-47-55(51-21-7-4-8-22-51)37-45-71(67)85(73)78-59(53-23-9-5-10-24-53)41-43-65-63-29-15-19-33-75(63)87-80(65)78/h4-50H,1-3H3. The molecule has 2 aliphatic rings. The second-order valence-electron chi connectivity index (χ2n) is 24.7. The monoisotopic (exact) mass is 1160 g/mol. The average Bonchev–Trinajstić information content (AvgIpc) is 0.837. The van der Waals surface area contributed by atoms with E-state index in [4.69, 9.17) is 0 Å². The molecule has 414 valence electrons. The molecule has 5 heterocycles. The number of benzene rings is 13. The number of anilines is 6. The predicted octanol–water partition coefficient (Wildman–Crippen LogP) is 21.6. The maximum atomic E-state index is 2.70. The molecular formula is C82H56BN3S2. The van der Waals surface area contributed by atoms with Crippen molar-refractivity contribution in [1.29, 1.82) is 0 Å². The van der Waals surface area contributed by atoms with Crippen LogP contribution in [-0.2, 0) is 5.41 Å². The summed E-state index contributed by atoms with van der Waals surface area (Å²) in [5, 5.41) is 7.55. The van der Waals surface area contributed by atoms with E-state index in [9.17, 15) is 0 Å². The lowest BCUT2D eigenvalue weighted by molar-refractivity contribution is 0.590. The van der Waals surface area contributed by atoms with Crippen LogP contribution in [0.1, 0.15) is 26.3 Å². The van der Waals surface area contributed by atoms with Gasteiger partial charge in [0.15, 0.2) is 0 Å². The Morgan fingerprint density at radius 1 is 0.318 bits per heavy atom. The van der Waals surface area contributed by atoms with E-state index in [1.165, 1.54) is 151 Å². The molecule has 0 spiro atoms. The van der Waals surface area contributed by atoms with E-state index in [1.807, 2.05) is 22.7 Å². The highest BCUT2D eigenvalue weighted by Gasteiger charge is 2.46. The molecule has 0 N–H and O–H groups in total. The number of thiophene rings is 2. The summed E-state index contributed by atoms with van der Waals surface area (Å²) in [6.07, 6.45) is 0. The summed E-state index contributed by atoms with van der Waals surface area (Å²) < 4.78 is 7.57. The molecule has 0 saturated carbocycles. The van der Waals surface area contributed by atoms with E-state index >= 15 is 0 Å². The topological polar surface area (TPSA) is 11.4 Å². The molecule has 0 radical (unpaired) electrons. The van der Waals surface area contributed by atoms with Crippen molar-refractivity contribution >= 4 is 142 Å². The molecule has 0 atom stereocenters. The van der Waals surface area contributed by atoms with E-state index < -0.39 is 0 Å². The molecular weight excluding hydrogens is 1100 g/mol. The van der Waals surface area contributed by atoms with E-state index in [-0.39, 0.29) is 12.1 Å². The maximum Gasteiger partial charge on any atom is 0.252 e. The van der Waals surface area contributed by atoms with Gasteiger partial charge in [0, 0.05) is 81.3 Å². The van der Waals surface area contributed by atoms with Crippen molar-refractivity contribution in [3.8, 4) is 50.2 Å². The average molecular weight is 1160 g/mol. The van der Waals surface area contributed by atoms with Gasteiger partial charge in [-0.1, -0.05) is 245 Å². The van der Waals surface area contributed by atoms with Gasteiger partial charge >= 0.3 is 0 Å². The summed E-state index contributed by atoms with van der Waals surface area (Å²) >= 11 is 3.81. The largest absolute Gasteiger partial charge is 0.309 e. The summed E-state index contributed by atoms with van der Waals surface area (Å²) in [4.78, 5) is 5.40. The van der Waals surface area contributed by atoms with E-state index in [0.29, 0.717) is 0 Å². The number of nitrogens with zero attached hydrogens (tertiary/aromatic N) is 3. The Kier molecular flexibility index (Phi) is 11.4. The third-order valence-electron chi connectivity index (χ3n) is 18.7. The molecule has 3 nitrogen and oxygen atoms in total. The zero-order valence-electron chi connectivity index (χ0n) is 48.9. The molecule has 0 unspecified atom stereocenters. The quantitative estimate of drug-likeness (QED) is 0.147. The third-order valence-corrected chi connectivity index (χ3v) is 21.1. The highest BCUT2D eigenvalue weighted by molar-refractivity contribution is 7.27. The Balaban J connectivity index is 1.03. The van der Waals surface area contributed by atoms with Crippen LogP contribution in [0, 0.1) is 0 Å². The zero-order valence-corrected chi connectivity index (χ0v) is 50.5. The number of hydrogen-bond donors (Lipinski definition) is 0. The third kappa shape index (κ3) is 7.75. The van der Waals surface area contributed by atoms with E-state index in [2.05, 4.69) is 320 Å². The Hall–Kier alpha value is -10.2. The second-order valence-corrected chi connectivity index (χ2v) is 26.8. The van der Waals surface area contributed by atoms with E-state index in [1.54, 1.807) is 0 Å². The summed E-state index contributed by atoms with van der Waals surface area (Å²) in [6, 6.07) is 108. The fourth-order valence-electron chi connectivity index (χ4n) is 14.6. The number of aromatic nitrogens is 1. The summed E-state index contributed by atoms with van der Waals surface area (Å²) in [5.41, 5.74) is 25.1. The Morgan fingerprint density at radius 3 is 1.27 bits per heavy atom. The number of rotatable bonds is 7. The lowest BCUT2D eigenvalue weighted by Gasteiger charge is -2.45. The van der Waals surface area contributed by atoms with Crippen LogP contribution in [-0.4, -0.2) is 11.3 Å². The van der Waals surface area contributed by atoms with Gasteiger partial charge in [-0.25, -0.2) is 0 Å². The van der Waals surface area contributed by atoms with Crippen molar-refractivity contribution in [3.63, 3.8) is 0 Å². The van der Waals surface area contributed by atoms with Gasteiger partial charge in [0.1, 0.15) is 0 Å². The molecule has 0 amide bonds. The molecule has 18 rings (SSSR count). The van der Waals surface area contributed by atoms with Crippen molar-refractivity contribution in [2.45, 2.75) is 26.2 Å². The normalized spacial score (nSPS) is 12.9. The van der Waals surface area contributed by atoms with Crippen LogP contribution in [0.15, 0.2) is 285 Å². The molecule has 6 heteroatoms. The summed E-state index contributed by atoms with van der Waals surface area (Å²) in [5.74, 6) is 0. The van der Waals surface area contributed by atoms with E-state index in [0.717, 1.165) is 16.9 Å². The predicted molar refractivity (Wildman–Crippen MR) is 381 cm³/mol. The van der Waals surface area contributed by atoms with Gasteiger partial charge < -0.3 is 14.4 Å². The fourth-order valence-corrected chi connectivity index (χ4v) is 17.1. The van der Waals surface area contributed by atoms with Crippen LogP contribution in [0.5, 0.6) is 0 Å². The molecule has 2 aliphatic heterocycles. The van der Waals surface area contributed by atoms with Crippen LogP contribution in [0.3, 0.4) is 0 Å². The first kappa shape index (κ1) is 51.0. The molecule has 0 fully saturated rings. The van der Waals surface area contributed by atoms with Crippen LogP contribution >= 0.6 is 22.7 Å². The Morgan fingerprint density at radius 2 is 0.750 bits per heavy atom. The molecule has 0 aliphatic carbocycles. The number of fused-ring (bicyclic) bond motifs is 13. The van der Waals surface area contributed by atoms with Crippen molar-refractivity contribution in [2.75, 3.05) is 9.80 Å². The van der Waals surface area contributed by atoms with Gasteiger partial charge in [0.05, 0.1) is 31.8 Å². The minimum absolute atomic E-state index is 0.0150. The minimum atomic E-state index is -0.208. The van der Waals surface area contributed by atoms with Crippen molar-refractivity contribution in [3.05, 3.63) is 291 Å². The second kappa shape index (κ2) is 19.6. The van der Waals surface area contributed by atoms with Crippen molar-refractivity contribution < 1.29 is 0 Å². The summed E-state index contributed by atoms with van der Waals surface area (Å²) in [7, 11) is 0. The van der Waals surface area contributed by atoms with Crippen LogP contribution in [0.25, 0.3) is 112 Å². The minimum Gasteiger partial charge on any atom is -0.309 e. The lowest BCUT2D eigenvalue weighted by Crippen LogP contribution is -2.61. The van der Waals surface area contributed by atoms with Gasteiger partial charge in [-0.2, -0.15) is 0 Å². The van der Waals surface area contributed by atoms with Crippen LogP contribution in [0.4, 0.5) is 34.1 Å². The highest BCUT2D eigenvalue weighted by atomic mass is 32.1. The number of para-hydroxylation sites is 2. The first-order valence-electron chi connectivity index (χ1n) is 30.5. The van der Waals surface area contributed by atoms with Crippen LogP contribution in [0.2, 0.25) is 0 Å². The Bertz CT molecular complexity index is 5430. The van der Waals surface area contributed by atoms with Gasteiger partial charge in [0.2, 0.25) is 0 Å². The molecule has 0 saturated heterocycles. The summed E-state index contributed by atoms with van der Waals surface area (Å²) in [6.45, 7) is 6.72. The van der Waals surface area contributed by atoms with Gasteiger partial charge in [-0.15, -0.1) is 22.7 Å². The molecule has 0 bridgehead atoms. The molecule has 16 aromatic rings. The molecule has 88 heavy (non-hydrogen) atoms. The number of hydrogen-bond acceptors (Lipinski definition) is 4. The van der Waals surface area contributed by atoms with Crippen LogP contribution < -0.4 is 26.2 Å². The fraction of sp³-hybridized carbons (Fsp3) is 0.0488. The smallest absolute Gasteiger partial charge is 0.252 e. The SMILES string of the molecule is CC(C)(C)c1ccc(-c2cc3c4c(c2)N(c2c(-c5ccccc5)ccc5c2sc2ccccc25)c2ccc(-n5c6ccccc6c6ccccc65)cc2B4c2cc(-c4ccccc4)ccc2N3c2c(-c3ccccc3)ccc3c2sc2ccccc23)cc1. The Labute approximate surface area is 520 Å². The zero-order chi connectivity index (χ0) is 58.4. The first-order chi connectivity index (χ1) is 43.3. The lowest BCUT2D eigenvalue weighted by atomic mass is 9.33. The van der Waals surface area contributed by atoms with Crippen molar-refractivity contribution in [2.24, 2.45) is 0 Å². The first-order valence-corrected chi connectivity index (χ1v) is 32.1. The highest BCUT2D eigenvalue weighted by Crippen LogP contribution is 2.56.